The molecule has 0 spiro atoms. The second-order valence-corrected chi connectivity index (χ2v) is 8.73. The second-order valence-electron chi connectivity index (χ2n) is 7.69. The molecule has 2 aromatic carbocycles. The third-order valence-corrected chi connectivity index (χ3v) is 6.79. The highest BCUT2D eigenvalue weighted by Gasteiger charge is 2.46. The molecule has 0 N–H and O–H groups in total. The van der Waals surface area contributed by atoms with Gasteiger partial charge in [0.25, 0.3) is 5.91 Å². The number of carbonyl (C=O) groups is 1. The Kier molecular flexibility index (Phi) is 5.13. The molecule has 1 aliphatic rings. The van der Waals surface area contributed by atoms with Crippen molar-refractivity contribution in [2.24, 2.45) is 0 Å². The summed E-state index contributed by atoms with van der Waals surface area (Å²) in [4.78, 5) is 28.9. The number of benzene rings is 2. The molecule has 0 radical (unpaired) electrons. The fourth-order valence-electron chi connectivity index (χ4n) is 4.12. The van der Waals surface area contributed by atoms with Crippen LogP contribution in [-0.2, 0) is 6.42 Å². The summed E-state index contributed by atoms with van der Waals surface area (Å²) in [5, 5.41) is 10.0. The van der Waals surface area contributed by atoms with Crippen LogP contribution in [0.5, 0.6) is 11.5 Å². The van der Waals surface area contributed by atoms with E-state index in [1.165, 1.54) is 16.2 Å². The first-order chi connectivity index (χ1) is 16.0. The van der Waals surface area contributed by atoms with Crippen LogP contribution in [0.2, 0.25) is 0 Å². The number of amides is 1. The first-order valence-electron chi connectivity index (χ1n) is 10.4. The van der Waals surface area contributed by atoms with Crippen molar-refractivity contribution >= 4 is 33.3 Å². The molecule has 4 aromatic rings. The number of anilines is 1. The van der Waals surface area contributed by atoms with Crippen LogP contribution < -0.4 is 19.8 Å². The highest BCUT2D eigenvalue weighted by Crippen LogP contribution is 2.45. The highest BCUT2D eigenvalue weighted by atomic mass is 32.1. The van der Waals surface area contributed by atoms with E-state index in [2.05, 4.69) is 10.2 Å². The van der Waals surface area contributed by atoms with E-state index in [-0.39, 0.29) is 16.8 Å². The number of hydrogen-bond donors (Lipinski definition) is 0. The number of nitrogens with zero attached hydrogens (tertiary/aromatic N) is 3. The summed E-state index contributed by atoms with van der Waals surface area (Å²) in [6.07, 6.45) is 0.681. The smallest absolute Gasteiger partial charge is 0.297 e. The Labute approximate surface area is 193 Å². The molecule has 0 aliphatic carbocycles. The number of hydrogen-bond acceptors (Lipinski definition) is 8. The monoisotopic (exact) mass is 463 g/mol. The molecule has 0 saturated heterocycles. The maximum Gasteiger partial charge on any atom is 0.297 e. The van der Waals surface area contributed by atoms with Gasteiger partial charge in [-0.15, -0.1) is 10.2 Å². The zero-order valence-corrected chi connectivity index (χ0v) is 19.4. The van der Waals surface area contributed by atoms with Crippen molar-refractivity contribution in [3.63, 3.8) is 0 Å². The van der Waals surface area contributed by atoms with Crippen LogP contribution in [0.3, 0.4) is 0 Å². The van der Waals surface area contributed by atoms with Gasteiger partial charge in [-0.1, -0.05) is 29.9 Å². The molecule has 0 bridgehead atoms. The van der Waals surface area contributed by atoms with Crippen molar-refractivity contribution in [1.82, 2.24) is 10.2 Å². The lowest BCUT2D eigenvalue weighted by molar-refractivity contribution is 0.0970. The summed E-state index contributed by atoms with van der Waals surface area (Å²) in [5.41, 5.74) is 1.86. The number of fused-ring (bicyclic) bond motifs is 2. The van der Waals surface area contributed by atoms with Gasteiger partial charge in [0.1, 0.15) is 28.1 Å². The molecule has 33 heavy (non-hydrogen) atoms. The van der Waals surface area contributed by atoms with E-state index >= 15 is 0 Å². The van der Waals surface area contributed by atoms with E-state index in [1.807, 2.05) is 19.9 Å². The van der Waals surface area contributed by atoms with Crippen LogP contribution in [0, 0.1) is 6.92 Å². The van der Waals surface area contributed by atoms with Gasteiger partial charge in [-0.2, -0.15) is 0 Å². The van der Waals surface area contributed by atoms with Crippen molar-refractivity contribution in [2.75, 3.05) is 19.1 Å². The Morgan fingerprint density at radius 2 is 1.91 bits per heavy atom. The van der Waals surface area contributed by atoms with Gasteiger partial charge >= 0.3 is 0 Å². The van der Waals surface area contributed by atoms with Crippen LogP contribution in [0.4, 0.5) is 5.13 Å². The van der Waals surface area contributed by atoms with Crippen LogP contribution in [-0.4, -0.2) is 30.3 Å². The van der Waals surface area contributed by atoms with Gasteiger partial charge in [-0.25, -0.2) is 0 Å². The van der Waals surface area contributed by atoms with Gasteiger partial charge in [0.2, 0.25) is 10.9 Å². The lowest BCUT2D eigenvalue weighted by atomic mass is 9.97. The van der Waals surface area contributed by atoms with Crippen LogP contribution in [0.25, 0.3) is 11.0 Å². The Morgan fingerprint density at radius 1 is 1.09 bits per heavy atom. The molecule has 2 aromatic heterocycles. The maximum atomic E-state index is 13.8. The number of aromatic nitrogens is 2. The summed E-state index contributed by atoms with van der Waals surface area (Å²) in [6.45, 7) is 3.87. The van der Waals surface area contributed by atoms with Gasteiger partial charge in [0.05, 0.1) is 25.2 Å². The minimum Gasteiger partial charge on any atom is -0.497 e. The number of ether oxygens (including phenoxy) is 2. The zero-order chi connectivity index (χ0) is 23.3. The second kappa shape index (κ2) is 8.00. The lowest BCUT2D eigenvalue weighted by Crippen LogP contribution is -2.29. The normalized spacial score (nSPS) is 15.2. The third-order valence-electron chi connectivity index (χ3n) is 5.72. The molecule has 1 amide bonds. The van der Waals surface area contributed by atoms with Crippen LogP contribution in [0.15, 0.2) is 45.6 Å². The molecule has 168 valence electrons. The average molecular weight is 464 g/mol. The van der Waals surface area contributed by atoms with Gasteiger partial charge in [-0.05, 0) is 43.7 Å². The average Bonchev–Trinajstić information content (AvgIpc) is 3.41. The maximum absolute atomic E-state index is 13.8. The van der Waals surface area contributed by atoms with Gasteiger partial charge < -0.3 is 13.9 Å². The molecular formula is C24H21N3O5S. The molecule has 1 atom stereocenters. The van der Waals surface area contributed by atoms with Crippen molar-refractivity contribution in [2.45, 2.75) is 26.3 Å². The van der Waals surface area contributed by atoms with Gasteiger partial charge in [0.15, 0.2) is 5.43 Å². The van der Waals surface area contributed by atoms with E-state index in [9.17, 15) is 9.59 Å². The van der Waals surface area contributed by atoms with Crippen LogP contribution >= 0.6 is 11.3 Å². The molecule has 3 heterocycles. The molecule has 0 fully saturated rings. The van der Waals surface area contributed by atoms with Gasteiger partial charge in [0, 0.05) is 5.56 Å². The minimum atomic E-state index is -0.809. The first-order valence-corrected chi connectivity index (χ1v) is 11.2. The molecular weight excluding hydrogens is 442 g/mol. The van der Waals surface area contributed by atoms with Crippen LogP contribution in [0.1, 0.15) is 45.2 Å². The summed E-state index contributed by atoms with van der Waals surface area (Å²) in [7, 11) is 3.10. The highest BCUT2D eigenvalue weighted by molar-refractivity contribution is 7.15. The SMILES string of the molecule is CCc1nnc(N2C(=O)c3oc4ccc(C)cc4c(=O)c3[C@@H]2c2cc(OC)ccc2OC)s1. The van der Waals surface area contributed by atoms with Crippen molar-refractivity contribution in [3.05, 3.63) is 74.1 Å². The number of methoxy groups -OCH3 is 2. The standard InChI is InChI=1S/C24H21N3O5S/c1-5-18-25-26-24(33-18)27-20(14-11-13(30-3)7-9-16(14)31-4)19-21(28)15-10-12(2)6-8-17(15)32-22(19)23(27)29/h6-11,20H,5H2,1-4H3/t20-/m0/s1. The molecule has 0 unspecified atom stereocenters. The Balaban J connectivity index is 1.84. The summed E-state index contributed by atoms with van der Waals surface area (Å²) >= 11 is 1.31. The van der Waals surface area contributed by atoms with E-state index in [4.69, 9.17) is 13.9 Å². The summed E-state index contributed by atoms with van der Waals surface area (Å²) < 4.78 is 17.0. The predicted octanol–water partition coefficient (Wildman–Crippen LogP) is 4.28. The fourth-order valence-corrected chi connectivity index (χ4v) is 4.92. The topological polar surface area (TPSA) is 94.8 Å². The Morgan fingerprint density at radius 3 is 2.61 bits per heavy atom. The summed E-state index contributed by atoms with van der Waals surface area (Å²) in [6, 6.07) is 9.79. The summed E-state index contributed by atoms with van der Waals surface area (Å²) in [5.74, 6) is 0.632. The quantitative estimate of drug-likeness (QED) is 0.436. The molecule has 1 aliphatic heterocycles. The van der Waals surface area contributed by atoms with E-state index in [1.54, 1.807) is 44.6 Å². The third kappa shape index (κ3) is 3.27. The molecule has 5 rings (SSSR count). The Bertz CT molecular complexity index is 1460. The van der Waals surface area contributed by atoms with E-state index in [0.29, 0.717) is 39.6 Å². The Hall–Kier alpha value is -3.72. The number of rotatable bonds is 5. The van der Waals surface area contributed by atoms with E-state index in [0.717, 1.165) is 10.6 Å². The van der Waals surface area contributed by atoms with Crippen molar-refractivity contribution < 1.29 is 18.7 Å². The van der Waals surface area contributed by atoms with Crippen molar-refractivity contribution in [1.29, 1.82) is 0 Å². The molecule has 0 saturated carbocycles. The number of carbonyl (C=O) groups excluding carboxylic acids is 1. The lowest BCUT2D eigenvalue weighted by Gasteiger charge is -2.24. The molecule has 9 heteroatoms. The van der Waals surface area contributed by atoms with Crippen molar-refractivity contribution in [3.8, 4) is 11.5 Å². The fraction of sp³-hybridized carbons (Fsp3) is 0.250. The largest absolute Gasteiger partial charge is 0.497 e. The molecule has 8 nitrogen and oxygen atoms in total. The number of aryl methyl sites for hydroxylation is 2. The van der Waals surface area contributed by atoms with E-state index < -0.39 is 11.9 Å². The predicted molar refractivity (Wildman–Crippen MR) is 125 cm³/mol. The van der Waals surface area contributed by atoms with Gasteiger partial charge in [-0.3, -0.25) is 14.5 Å². The zero-order valence-electron chi connectivity index (χ0n) is 18.5. The first kappa shape index (κ1) is 21.1. The minimum absolute atomic E-state index is 0.000487.